The number of nitriles is 1. The maximum absolute atomic E-state index is 12.3. The van der Waals surface area contributed by atoms with E-state index in [1.54, 1.807) is 24.3 Å². The highest BCUT2D eigenvalue weighted by atomic mass is 32.1. The number of aromatic nitrogens is 1. The van der Waals surface area contributed by atoms with Crippen LogP contribution in [0.2, 0.25) is 0 Å². The van der Waals surface area contributed by atoms with E-state index in [1.807, 2.05) is 44.2 Å². The van der Waals surface area contributed by atoms with Crippen molar-refractivity contribution in [1.82, 2.24) is 4.98 Å². The fourth-order valence-electron chi connectivity index (χ4n) is 2.33. The van der Waals surface area contributed by atoms with Crippen molar-refractivity contribution in [3.05, 3.63) is 70.1 Å². The van der Waals surface area contributed by atoms with Gasteiger partial charge >= 0.3 is 0 Å². The Morgan fingerprint density at radius 2 is 1.92 bits per heavy atom. The molecule has 0 aliphatic carbocycles. The molecule has 1 heterocycles. The Bertz CT molecular complexity index is 936. The zero-order chi connectivity index (χ0) is 17.1. The van der Waals surface area contributed by atoms with Gasteiger partial charge in [-0.15, -0.1) is 11.3 Å². The van der Waals surface area contributed by atoms with Crippen molar-refractivity contribution >= 4 is 22.4 Å². The summed E-state index contributed by atoms with van der Waals surface area (Å²) in [6.45, 7) is 4.03. The van der Waals surface area contributed by atoms with Gasteiger partial charge in [0, 0.05) is 16.0 Å². The lowest BCUT2D eigenvalue weighted by molar-refractivity contribution is 0.102. The van der Waals surface area contributed by atoms with Gasteiger partial charge in [-0.3, -0.25) is 10.1 Å². The first-order valence-electron chi connectivity index (χ1n) is 7.43. The van der Waals surface area contributed by atoms with Crippen molar-refractivity contribution in [2.24, 2.45) is 0 Å². The average Bonchev–Trinajstić information content (AvgIpc) is 2.96. The molecule has 1 aromatic heterocycles. The minimum absolute atomic E-state index is 0.267. The molecule has 0 bridgehead atoms. The van der Waals surface area contributed by atoms with Gasteiger partial charge in [0.15, 0.2) is 5.13 Å². The Morgan fingerprint density at radius 1 is 1.17 bits per heavy atom. The number of hydrogen-bond donors (Lipinski definition) is 1. The predicted molar refractivity (Wildman–Crippen MR) is 96.1 cm³/mol. The lowest BCUT2D eigenvalue weighted by Gasteiger charge is -2.02. The Kier molecular flexibility index (Phi) is 4.41. The van der Waals surface area contributed by atoms with E-state index < -0.39 is 0 Å². The summed E-state index contributed by atoms with van der Waals surface area (Å²) in [5.41, 5.74) is 4.00. The first-order valence-corrected chi connectivity index (χ1v) is 8.24. The predicted octanol–water partition coefficient (Wildman–Crippen LogP) is 4.55. The van der Waals surface area contributed by atoms with Crippen LogP contribution in [0, 0.1) is 25.2 Å². The van der Waals surface area contributed by atoms with Crippen LogP contribution in [0.15, 0.2) is 48.5 Å². The Labute approximate surface area is 144 Å². The molecule has 5 heteroatoms. The number of carbonyl (C=O) groups is 1. The van der Waals surface area contributed by atoms with E-state index in [9.17, 15) is 4.79 Å². The summed E-state index contributed by atoms with van der Waals surface area (Å²) in [4.78, 5) is 17.9. The molecule has 4 nitrogen and oxygen atoms in total. The average molecular weight is 333 g/mol. The minimum atomic E-state index is -0.267. The van der Waals surface area contributed by atoms with Gasteiger partial charge in [0.25, 0.3) is 5.91 Å². The first kappa shape index (κ1) is 15.9. The minimum Gasteiger partial charge on any atom is -0.298 e. The highest BCUT2D eigenvalue weighted by molar-refractivity contribution is 7.16. The highest BCUT2D eigenvalue weighted by Crippen LogP contribution is 2.30. The number of carbonyl (C=O) groups excluding carboxylic acids is 1. The van der Waals surface area contributed by atoms with Crippen molar-refractivity contribution in [3.8, 4) is 17.3 Å². The van der Waals surface area contributed by atoms with Crippen LogP contribution >= 0.6 is 11.3 Å². The molecular weight excluding hydrogens is 318 g/mol. The number of hydrogen-bond acceptors (Lipinski definition) is 4. The van der Waals surface area contributed by atoms with Gasteiger partial charge in [-0.05, 0) is 32.0 Å². The van der Waals surface area contributed by atoms with E-state index in [1.165, 1.54) is 16.9 Å². The molecule has 0 radical (unpaired) electrons. The smallest absolute Gasteiger partial charge is 0.257 e. The van der Waals surface area contributed by atoms with Crippen LogP contribution in [0.3, 0.4) is 0 Å². The lowest BCUT2D eigenvalue weighted by Crippen LogP contribution is -2.11. The molecule has 0 unspecified atom stereocenters. The van der Waals surface area contributed by atoms with Gasteiger partial charge in [-0.1, -0.05) is 35.9 Å². The summed E-state index contributed by atoms with van der Waals surface area (Å²) in [5.74, 6) is -0.267. The topological polar surface area (TPSA) is 65.8 Å². The zero-order valence-electron chi connectivity index (χ0n) is 13.3. The molecule has 3 aromatic rings. The van der Waals surface area contributed by atoms with E-state index in [4.69, 9.17) is 5.26 Å². The summed E-state index contributed by atoms with van der Waals surface area (Å²) >= 11 is 1.44. The summed E-state index contributed by atoms with van der Waals surface area (Å²) in [7, 11) is 0. The van der Waals surface area contributed by atoms with Gasteiger partial charge in [-0.2, -0.15) is 5.26 Å². The van der Waals surface area contributed by atoms with Crippen LogP contribution in [-0.4, -0.2) is 10.9 Å². The summed E-state index contributed by atoms with van der Waals surface area (Å²) in [5, 5.41) is 12.3. The van der Waals surface area contributed by atoms with Crippen LogP contribution < -0.4 is 5.32 Å². The van der Waals surface area contributed by atoms with Gasteiger partial charge in [0.2, 0.25) is 0 Å². The second-order valence-corrected chi connectivity index (χ2v) is 6.64. The quantitative estimate of drug-likeness (QED) is 0.764. The number of amides is 1. The first-order chi connectivity index (χ1) is 11.6. The summed E-state index contributed by atoms with van der Waals surface area (Å²) in [6.07, 6.45) is 0. The van der Waals surface area contributed by atoms with E-state index in [0.29, 0.717) is 16.3 Å². The Hall–Kier alpha value is -2.97. The monoisotopic (exact) mass is 333 g/mol. The number of anilines is 1. The number of thiazole rings is 1. The molecule has 118 valence electrons. The van der Waals surface area contributed by atoms with Crippen LogP contribution in [0.25, 0.3) is 11.3 Å². The number of aryl methyl sites for hydroxylation is 2. The van der Waals surface area contributed by atoms with Crippen molar-refractivity contribution in [3.63, 3.8) is 0 Å². The van der Waals surface area contributed by atoms with E-state index in [-0.39, 0.29) is 5.91 Å². The van der Waals surface area contributed by atoms with Crippen LogP contribution in [-0.2, 0) is 0 Å². The third kappa shape index (κ3) is 3.34. The maximum atomic E-state index is 12.3. The molecule has 0 atom stereocenters. The molecule has 0 aliphatic rings. The molecule has 3 rings (SSSR count). The third-order valence-corrected chi connectivity index (χ3v) is 4.48. The Balaban J connectivity index is 1.83. The molecule has 0 saturated heterocycles. The fourth-order valence-corrected chi connectivity index (χ4v) is 3.16. The van der Waals surface area contributed by atoms with Gasteiger partial charge < -0.3 is 0 Å². The number of benzene rings is 2. The molecule has 0 saturated carbocycles. The third-order valence-electron chi connectivity index (χ3n) is 3.60. The van der Waals surface area contributed by atoms with Crippen LogP contribution in [0.5, 0.6) is 0 Å². The molecule has 1 amide bonds. The molecule has 0 aliphatic heterocycles. The molecule has 0 spiro atoms. The fraction of sp³-hybridized carbons (Fsp3) is 0.105. The molecular formula is C19H15N3OS. The summed E-state index contributed by atoms with van der Waals surface area (Å²) < 4.78 is 0. The highest BCUT2D eigenvalue weighted by Gasteiger charge is 2.13. The van der Waals surface area contributed by atoms with Crippen LogP contribution in [0.1, 0.15) is 26.4 Å². The van der Waals surface area contributed by atoms with E-state index >= 15 is 0 Å². The van der Waals surface area contributed by atoms with Crippen molar-refractivity contribution in [2.45, 2.75) is 13.8 Å². The SMILES string of the molecule is Cc1ccc(-c2nc(NC(=O)c3cccc(C#N)c3)sc2C)cc1. The standard InChI is InChI=1S/C19H15N3OS/c1-12-6-8-15(9-7-12)17-13(2)24-19(21-17)22-18(23)16-5-3-4-14(10-16)11-20/h3-10H,1-2H3,(H,21,22,23). The normalized spacial score (nSPS) is 10.2. The Morgan fingerprint density at radius 3 is 2.62 bits per heavy atom. The van der Waals surface area contributed by atoms with Gasteiger partial charge in [0.05, 0.1) is 17.3 Å². The zero-order valence-corrected chi connectivity index (χ0v) is 14.1. The lowest BCUT2D eigenvalue weighted by atomic mass is 10.1. The number of nitrogens with zero attached hydrogens (tertiary/aromatic N) is 2. The molecule has 0 fully saturated rings. The molecule has 24 heavy (non-hydrogen) atoms. The van der Waals surface area contributed by atoms with Crippen molar-refractivity contribution < 1.29 is 4.79 Å². The van der Waals surface area contributed by atoms with Crippen LogP contribution in [0.4, 0.5) is 5.13 Å². The largest absolute Gasteiger partial charge is 0.298 e. The van der Waals surface area contributed by atoms with Crippen molar-refractivity contribution in [2.75, 3.05) is 5.32 Å². The van der Waals surface area contributed by atoms with Gasteiger partial charge in [0.1, 0.15) is 0 Å². The number of nitrogens with one attached hydrogen (secondary N) is 1. The summed E-state index contributed by atoms with van der Waals surface area (Å²) in [6, 6.07) is 16.8. The van der Waals surface area contributed by atoms with E-state index in [2.05, 4.69) is 10.3 Å². The molecule has 2 aromatic carbocycles. The molecule has 1 N–H and O–H groups in total. The van der Waals surface area contributed by atoms with Crippen molar-refractivity contribution in [1.29, 1.82) is 5.26 Å². The van der Waals surface area contributed by atoms with Gasteiger partial charge in [-0.25, -0.2) is 4.98 Å². The number of rotatable bonds is 3. The van der Waals surface area contributed by atoms with E-state index in [0.717, 1.165) is 16.1 Å². The second kappa shape index (κ2) is 6.65. The second-order valence-electron chi connectivity index (χ2n) is 5.44. The maximum Gasteiger partial charge on any atom is 0.257 e.